The summed E-state index contributed by atoms with van der Waals surface area (Å²) in [6.07, 6.45) is 2.45. The van der Waals surface area contributed by atoms with Crippen molar-refractivity contribution in [3.8, 4) is 0 Å². The lowest BCUT2D eigenvalue weighted by atomic mass is 10.2. The number of benzene rings is 2. The fourth-order valence-electron chi connectivity index (χ4n) is 4.10. The number of aromatic nitrogens is 1. The Morgan fingerprint density at radius 3 is 2.64 bits per heavy atom. The number of aryl methyl sites for hydroxylation is 1. The summed E-state index contributed by atoms with van der Waals surface area (Å²) in [4.78, 5) is 29.5. The molecule has 0 radical (unpaired) electrons. The van der Waals surface area contributed by atoms with E-state index in [2.05, 4.69) is 10.3 Å². The summed E-state index contributed by atoms with van der Waals surface area (Å²) in [6, 6.07) is 15.3. The van der Waals surface area contributed by atoms with E-state index < -0.39 is 15.8 Å². The number of hydrogen-bond donors (Lipinski definition) is 1. The number of thiazole rings is 1. The normalized spacial score (nSPS) is 17.6. The molecule has 190 valence electrons. The van der Waals surface area contributed by atoms with Crippen LogP contribution in [0.2, 0.25) is 0 Å². The van der Waals surface area contributed by atoms with E-state index in [9.17, 15) is 18.0 Å². The molecule has 1 aromatic heterocycles. The predicted octanol–water partition coefficient (Wildman–Crippen LogP) is 4.33. The summed E-state index contributed by atoms with van der Waals surface area (Å²) in [7, 11) is -4.03. The van der Waals surface area contributed by atoms with Gasteiger partial charge in [-0.15, -0.1) is 0 Å². The molecule has 2 unspecified atom stereocenters. The minimum atomic E-state index is -4.03. The molecule has 0 aliphatic heterocycles. The lowest BCUT2D eigenvalue weighted by molar-refractivity contribution is 0.0272. The number of ether oxygens (including phenoxy) is 2. The van der Waals surface area contributed by atoms with Crippen LogP contribution in [0.25, 0.3) is 0 Å². The Labute approximate surface area is 214 Å². The molecule has 1 saturated carbocycles. The number of carbonyl (C=O) groups excluding carboxylic acids is 2. The highest BCUT2D eigenvalue weighted by atomic mass is 32.2. The second-order valence-corrected chi connectivity index (χ2v) is 11.6. The van der Waals surface area contributed by atoms with E-state index in [4.69, 9.17) is 9.47 Å². The van der Waals surface area contributed by atoms with E-state index in [1.807, 2.05) is 30.3 Å². The highest BCUT2D eigenvalue weighted by Crippen LogP contribution is 2.29. The Morgan fingerprint density at radius 2 is 1.89 bits per heavy atom. The van der Waals surface area contributed by atoms with Gasteiger partial charge in [-0.1, -0.05) is 47.7 Å². The molecule has 0 saturated heterocycles. The zero-order valence-corrected chi connectivity index (χ0v) is 21.7. The quantitative estimate of drug-likeness (QED) is 0.412. The van der Waals surface area contributed by atoms with Crippen LogP contribution in [0.5, 0.6) is 0 Å². The molecule has 1 amide bonds. The maximum absolute atomic E-state index is 13.2. The maximum Gasteiger partial charge on any atom is 0.338 e. The summed E-state index contributed by atoms with van der Waals surface area (Å²) in [5.41, 5.74) is 1.53. The van der Waals surface area contributed by atoms with Crippen molar-refractivity contribution in [1.29, 1.82) is 0 Å². The lowest BCUT2D eigenvalue weighted by Crippen LogP contribution is -2.41. The molecule has 1 fully saturated rings. The first-order valence-electron chi connectivity index (χ1n) is 11.8. The number of nitrogens with one attached hydrogen (secondary N) is 1. The molecule has 1 aliphatic rings. The van der Waals surface area contributed by atoms with E-state index in [0.717, 1.165) is 36.2 Å². The third-order valence-electron chi connectivity index (χ3n) is 5.94. The smallest absolute Gasteiger partial charge is 0.338 e. The van der Waals surface area contributed by atoms with Gasteiger partial charge in [0, 0.05) is 0 Å². The Bertz CT molecular complexity index is 1340. The topological polar surface area (TPSA) is 112 Å². The average Bonchev–Trinajstić information content (AvgIpc) is 3.50. The van der Waals surface area contributed by atoms with Crippen LogP contribution in [0.3, 0.4) is 0 Å². The van der Waals surface area contributed by atoms with Crippen LogP contribution in [-0.2, 0) is 25.9 Å². The van der Waals surface area contributed by atoms with Gasteiger partial charge in [0.15, 0.2) is 0 Å². The van der Waals surface area contributed by atoms with Crippen molar-refractivity contribution in [2.24, 2.45) is 0 Å². The predicted molar refractivity (Wildman–Crippen MR) is 135 cm³/mol. The molecule has 8 nitrogen and oxygen atoms in total. The van der Waals surface area contributed by atoms with E-state index in [1.54, 1.807) is 13.8 Å². The molecular formula is C26H28N2O6S2. The van der Waals surface area contributed by atoms with Crippen LogP contribution in [0.1, 0.15) is 57.5 Å². The molecule has 10 heteroatoms. The molecule has 4 rings (SSSR count). The first-order chi connectivity index (χ1) is 17.3. The molecule has 1 aliphatic carbocycles. The van der Waals surface area contributed by atoms with Gasteiger partial charge in [0.25, 0.3) is 5.91 Å². The number of hydrogen-bond acceptors (Lipinski definition) is 8. The minimum Gasteiger partial charge on any atom is -0.462 e. The summed E-state index contributed by atoms with van der Waals surface area (Å²) in [5, 5.41) is 3.02. The van der Waals surface area contributed by atoms with E-state index in [0.29, 0.717) is 12.3 Å². The summed E-state index contributed by atoms with van der Waals surface area (Å²) in [5.74, 6) is -0.975. The van der Waals surface area contributed by atoms with E-state index >= 15 is 0 Å². The van der Waals surface area contributed by atoms with Crippen molar-refractivity contribution in [3.05, 3.63) is 76.3 Å². The van der Waals surface area contributed by atoms with Gasteiger partial charge in [0.05, 0.1) is 41.5 Å². The Balaban J connectivity index is 1.47. The number of amides is 1. The molecule has 0 bridgehead atoms. The molecule has 2 atom stereocenters. The van der Waals surface area contributed by atoms with Crippen molar-refractivity contribution in [3.63, 3.8) is 0 Å². The summed E-state index contributed by atoms with van der Waals surface area (Å²) < 4.78 is 37.3. The second kappa shape index (κ2) is 11.3. The van der Waals surface area contributed by atoms with Gasteiger partial charge in [-0.3, -0.25) is 4.79 Å². The van der Waals surface area contributed by atoms with Crippen LogP contribution in [0, 0.1) is 6.92 Å². The minimum absolute atomic E-state index is 0.0843. The average molecular weight is 529 g/mol. The van der Waals surface area contributed by atoms with E-state index in [-0.39, 0.29) is 44.3 Å². The van der Waals surface area contributed by atoms with Crippen molar-refractivity contribution in [2.75, 3.05) is 6.61 Å². The number of esters is 1. The first kappa shape index (κ1) is 26.0. The van der Waals surface area contributed by atoms with Gasteiger partial charge in [-0.2, -0.15) is 0 Å². The SMILES string of the molecule is CCOC(=O)c1cccc(S(=O)(=O)c2nc(C)c(C(=O)NC3CCCC3OCc3ccccc3)s2)c1. The Kier molecular flexibility index (Phi) is 8.17. The second-order valence-electron chi connectivity index (χ2n) is 8.49. The van der Waals surface area contributed by atoms with Gasteiger partial charge in [0.2, 0.25) is 14.2 Å². The first-order valence-corrected chi connectivity index (χ1v) is 14.1. The molecule has 0 spiro atoms. The van der Waals surface area contributed by atoms with Crippen molar-refractivity contribution in [1.82, 2.24) is 10.3 Å². The van der Waals surface area contributed by atoms with Crippen molar-refractivity contribution >= 4 is 33.1 Å². The molecule has 2 aromatic carbocycles. The highest BCUT2D eigenvalue weighted by molar-refractivity contribution is 7.93. The van der Waals surface area contributed by atoms with Crippen LogP contribution in [-0.4, -0.2) is 44.0 Å². The molecule has 36 heavy (non-hydrogen) atoms. The fourth-order valence-corrected chi connectivity index (χ4v) is 6.78. The van der Waals surface area contributed by atoms with Crippen LogP contribution in [0.15, 0.2) is 63.8 Å². The maximum atomic E-state index is 13.2. The van der Waals surface area contributed by atoms with Crippen molar-refractivity contribution in [2.45, 2.75) is 61.1 Å². The van der Waals surface area contributed by atoms with Gasteiger partial charge in [-0.25, -0.2) is 18.2 Å². The van der Waals surface area contributed by atoms with Crippen molar-refractivity contribution < 1.29 is 27.5 Å². The Morgan fingerprint density at radius 1 is 1.11 bits per heavy atom. The zero-order chi connectivity index (χ0) is 25.7. The third-order valence-corrected chi connectivity index (χ3v) is 9.23. The molecule has 3 aromatic rings. The fraction of sp³-hybridized carbons (Fsp3) is 0.346. The number of sulfone groups is 1. The van der Waals surface area contributed by atoms with Crippen LogP contribution >= 0.6 is 11.3 Å². The number of nitrogens with zero attached hydrogens (tertiary/aromatic N) is 1. The zero-order valence-electron chi connectivity index (χ0n) is 20.1. The van der Waals surface area contributed by atoms with Crippen LogP contribution < -0.4 is 5.32 Å². The van der Waals surface area contributed by atoms with E-state index in [1.165, 1.54) is 24.3 Å². The lowest BCUT2D eigenvalue weighted by Gasteiger charge is -2.21. The monoisotopic (exact) mass is 528 g/mol. The van der Waals surface area contributed by atoms with Gasteiger partial charge in [-0.05, 0) is 56.9 Å². The number of carbonyl (C=O) groups is 2. The van der Waals surface area contributed by atoms with Gasteiger partial charge < -0.3 is 14.8 Å². The van der Waals surface area contributed by atoms with Crippen LogP contribution in [0.4, 0.5) is 0 Å². The summed E-state index contributed by atoms with van der Waals surface area (Å²) >= 11 is 0.821. The largest absolute Gasteiger partial charge is 0.462 e. The standard InChI is InChI=1S/C26H28N2O6S2/c1-3-33-25(30)19-11-7-12-20(15-19)36(31,32)26-27-17(2)23(35-26)24(29)28-21-13-8-14-22(21)34-16-18-9-5-4-6-10-18/h4-7,9-12,15,21-22H,3,8,13-14,16H2,1-2H3,(H,28,29). The molecule has 1 N–H and O–H groups in total. The highest BCUT2D eigenvalue weighted by Gasteiger charge is 2.32. The van der Waals surface area contributed by atoms with Gasteiger partial charge >= 0.3 is 5.97 Å². The number of rotatable bonds is 9. The third kappa shape index (κ3) is 5.83. The summed E-state index contributed by atoms with van der Waals surface area (Å²) in [6.45, 7) is 3.92. The molecular weight excluding hydrogens is 500 g/mol. The van der Waals surface area contributed by atoms with Gasteiger partial charge in [0.1, 0.15) is 4.88 Å². The Hall–Kier alpha value is -3.08. The molecule has 1 heterocycles.